The summed E-state index contributed by atoms with van der Waals surface area (Å²) < 4.78 is 5.53. The standard InChI is InChI=1S/C10H7ClN2O2S/c1-15-10-8(12-4-5-13-10)9(14)6-2-3-7(11)16-6/h2-5H,1H3. The molecule has 0 saturated heterocycles. The molecule has 2 aromatic heterocycles. The number of carbonyl (C=O) groups is 1. The van der Waals surface area contributed by atoms with Crippen LogP contribution in [0.15, 0.2) is 24.5 Å². The first kappa shape index (κ1) is 11.0. The number of halogens is 1. The molecule has 4 nitrogen and oxygen atoms in total. The predicted octanol–water partition coefficient (Wildman–Crippen LogP) is 2.43. The Hall–Kier alpha value is -1.46. The number of ether oxygens (including phenoxy) is 1. The number of aromatic nitrogens is 2. The van der Waals surface area contributed by atoms with Gasteiger partial charge in [0.1, 0.15) is 0 Å². The number of thiophene rings is 1. The molecule has 0 radical (unpaired) electrons. The number of carbonyl (C=O) groups excluding carboxylic acids is 1. The smallest absolute Gasteiger partial charge is 0.243 e. The molecule has 0 aromatic carbocycles. The van der Waals surface area contributed by atoms with E-state index in [9.17, 15) is 4.79 Å². The van der Waals surface area contributed by atoms with E-state index in [1.165, 1.54) is 30.8 Å². The fourth-order valence-electron chi connectivity index (χ4n) is 1.18. The van der Waals surface area contributed by atoms with E-state index in [2.05, 4.69) is 9.97 Å². The van der Waals surface area contributed by atoms with Crippen molar-refractivity contribution in [1.82, 2.24) is 9.97 Å². The van der Waals surface area contributed by atoms with E-state index >= 15 is 0 Å². The Kier molecular flexibility index (Phi) is 3.17. The molecule has 0 fully saturated rings. The van der Waals surface area contributed by atoms with Gasteiger partial charge in [-0.25, -0.2) is 9.97 Å². The summed E-state index contributed by atoms with van der Waals surface area (Å²) in [4.78, 5) is 20.4. The Balaban J connectivity index is 2.41. The Labute approximate surface area is 101 Å². The van der Waals surface area contributed by atoms with Crippen LogP contribution >= 0.6 is 22.9 Å². The highest BCUT2D eigenvalue weighted by atomic mass is 35.5. The average molecular weight is 255 g/mol. The van der Waals surface area contributed by atoms with Gasteiger partial charge in [-0.3, -0.25) is 4.79 Å². The quantitative estimate of drug-likeness (QED) is 0.790. The van der Waals surface area contributed by atoms with Crippen LogP contribution in [0.25, 0.3) is 0 Å². The van der Waals surface area contributed by atoms with Gasteiger partial charge >= 0.3 is 0 Å². The number of nitrogens with zero attached hydrogens (tertiary/aromatic N) is 2. The second-order valence-electron chi connectivity index (χ2n) is 2.85. The fraction of sp³-hybridized carbons (Fsp3) is 0.100. The van der Waals surface area contributed by atoms with Gasteiger partial charge < -0.3 is 4.74 Å². The Morgan fingerprint density at radius 3 is 2.75 bits per heavy atom. The molecule has 0 aliphatic carbocycles. The van der Waals surface area contributed by atoms with Crippen LogP contribution in [0, 0.1) is 0 Å². The fourth-order valence-corrected chi connectivity index (χ4v) is 2.17. The van der Waals surface area contributed by atoms with Crippen molar-refractivity contribution in [3.8, 4) is 5.88 Å². The lowest BCUT2D eigenvalue weighted by Gasteiger charge is -2.02. The number of hydrogen-bond acceptors (Lipinski definition) is 5. The lowest BCUT2D eigenvalue weighted by molar-refractivity contribution is 0.103. The molecule has 82 valence electrons. The highest BCUT2D eigenvalue weighted by molar-refractivity contribution is 7.18. The van der Waals surface area contributed by atoms with Crippen molar-refractivity contribution in [2.75, 3.05) is 7.11 Å². The van der Waals surface area contributed by atoms with Gasteiger partial charge in [-0.1, -0.05) is 11.6 Å². The molecule has 0 aliphatic heterocycles. The van der Waals surface area contributed by atoms with E-state index in [-0.39, 0.29) is 17.4 Å². The molecule has 2 heterocycles. The summed E-state index contributed by atoms with van der Waals surface area (Å²) in [6, 6.07) is 3.33. The Bertz CT molecular complexity index is 527. The van der Waals surface area contributed by atoms with Crippen LogP contribution in [-0.4, -0.2) is 22.9 Å². The van der Waals surface area contributed by atoms with Crippen molar-refractivity contribution in [3.63, 3.8) is 0 Å². The van der Waals surface area contributed by atoms with E-state index < -0.39 is 0 Å². The number of rotatable bonds is 3. The van der Waals surface area contributed by atoms with Crippen LogP contribution in [0.4, 0.5) is 0 Å². The van der Waals surface area contributed by atoms with Crippen LogP contribution in [0.3, 0.4) is 0 Å². The molecule has 0 aliphatic rings. The van der Waals surface area contributed by atoms with Gasteiger partial charge in [-0.05, 0) is 12.1 Å². The Morgan fingerprint density at radius 1 is 1.38 bits per heavy atom. The van der Waals surface area contributed by atoms with Crippen LogP contribution < -0.4 is 4.74 Å². The third-order valence-corrected chi connectivity index (χ3v) is 3.10. The zero-order valence-electron chi connectivity index (χ0n) is 8.31. The van der Waals surface area contributed by atoms with E-state index in [0.29, 0.717) is 9.21 Å². The number of methoxy groups -OCH3 is 1. The zero-order chi connectivity index (χ0) is 11.5. The molecule has 0 bridgehead atoms. The molecule has 0 atom stereocenters. The minimum absolute atomic E-state index is 0.198. The molecule has 0 spiro atoms. The molecular weight excluding hydrogens is 248 g/mol. The van der Waals surface area contributed by atoms with E-state index in [4.69, 9.17) is 16.3 Å². The molecular formula is C10H7ClN2O2S. The summed E-state index contributed by atoms with van der Waals surface area (Å²) in [6.07, 6.45) is 2.92. The summed E-state index contributed by atoms with van der Waals surface area (Å²) in [5.74, 6) is -0.0149. The van der Waals surface area contributed by atoms with Gasteiger partial charge in [-0.15, -0.1) is 11.3 Å². The molecule has 2 aromatic rings. The maximum atomic E-state index is 12.0. The monoisotopic (exact) mass is 254 g/mol. The van der Waals surface area contributed by atoms with E-state index in [1.807, 2.05) is 0 Å². The first-order chi connectivity index (χ1) is 7.72. The summed E-state index contributed by atoms with van der Waals surface area (Å²) in [5, 5.41) is 0. The summed E-state index contributed by atoms with van der Waals surface area (Å²) >= 11 is 6.97. The topological polar surface area (TPSA) is 52.1 Å². The van der Waals surface area contributed by atoms with Gasteiger partial charge in [0.2, 0.25) is 11.7 Å². The van der Waals surface area contributed by atoms with Crippen molar-refractivity contribution < 1.29 is 9.53 Å². The molecule has 16 heavy (non-hydrogen) atoms. The summed E-state index contributed by atoms with van der Waals surface area (Å²) in [7, 11) is 1.45. The van der Waals surface area contributed by atoms with Crippen LogP contribution in [-0.2, 0) is 0 Å². The minimum atomic E-state index is -0.234. The molecule has 0 amide bonds. The van der Waals surface area contributed by atoms with Crippen LogP contribution in [0.1, 0.15) is 15.4 Å². The SMILES string of the molecule is COc1nccnc1C(=O)c1ccc(Cl)s1. The maximum absolute atomic E-state index is 12.0. The third-order valence-electron chi connectivity index (χ3n) is 1.87. The van der Waals surface area contributed by atoms with E-state index in [1.54, 1.807) is 12.1 Å². The highest BCUT2D eigenvalue weighted by Gasteiger charge is 2.18. The van der Waals surface area contributed by atoms with Crippen molar-refractivity contribution in [2.45, 2.75) is 0 Å². The largest absolute Gasteiger partial charge is 0.479 e. The normalized spacial score (nSPS) is 10.1. The first-order valence-corrected chi connectivity index (χ1v) is 5.57. The zero-order valence-corrected chi connectivity index (χ0v) is 9.88. The van der Waals surface area contributed by atoms with Gasteiger partial charge in [-0.2, -0.15) is 0 Å². The van der Waals surface area contributed by atoms with Gasteiger partial charge in [0.05, 0.1) is 16.3 Å². The van der Waals surface area contributed by atoms with Crippen molar-refractivity contribution >= 4 is 28.7 Å². The number of hydrogen-bond donors (Lipinski definition) is 0. The first-order valence-electron chi connectivity index (χ1n) is 4.37. The summed E-state index contributed by atoms with van der Waals surface area (Å²) in [5.41, 5.74) is 0.198. The van der Waals surface area contributed by atoms with E-state index in [0.717, 1.165) is 0 Å². The molecule has 2 rings (SSSR count). The molecule has 6 heteroatoms. The number of ketones is 1. The summed E-state index contributed by atoms with van der Waals surface area (Å²) in [6.45, 7) is 0. The highest BCUT2D eigenvalue weighted by Crippen LogP contribution is 2.25. The van der Waals surface area contributed by atoms with Crippen molar-refractivity contribution in [2.24, 2.45) is 0 Å². The minimum Gasteiger partial charge on any atom is -0.479 e. The lowest BCUT2D eigenvalue weighted by atomic mass is 10.2. The molecule has 0 saturated carbocycles. The predicted molar refractivity (Wildman–Crippen MR) is 61.3 cm³/mol. The van der Waals surface area contributed by atoms with Crippen molar-refractivity contribution in [3.05, 3.63) is 39.4 Å². The van der Waals surface area contributed by atoms with Gasteiger partial charge in [0, 0.05) is 12.4 Å². The lowest BCUT2D eigenvalue weighted by Crippen LogP contribution is -2.06. The second-order valence-corrected chi connectivity index (χ2v) is 4.56. The van der Waals surface area contributed by atoms with Gasteiger partial charge in [0.25, 0.3) is 0 Å². The second kappa shape index (κ2) is 4.59. The molecule has 0 N–H and O–H groups in total. The average Bonchev–Trinajstić information content (AvgIpc) is 2.75. The van der Waals surface area contributed by atoms with Crippen LogP contribution in [0.5, 0.6) is 5.88 Å². The maximum Gasteiger partial charge on any atom is 0.243 e. The van der Waals surface area contributed by atoms with Crippen molar-refractivity contribution in [1.29, 1.82) is 0 Å². The van der Waals surface area contributed by atoms with Gasteiger partial charge in [0.15, 0.2) is 5.69 Å². The van der Waals surface area contributed by atoms with Crippen LogP contribution in [0.2, 0.25) is 4.34 Å². The molecule has 0 unspecified atom stereocenters. The third kappa shape index (κ3) is 2.05. The Morgan fingerprint density at radius 2 is 2.12 bits per heavy atom.